The van der Waals surface area contributed by atoms with Crippen molar-refractivity contribution in [2.75, 3.05) is 0 Å². The minimum absolute atomic E-state index is 0.260. The molecule has 0 unspecified atom stereocenters. The Kier molecular flexibility index (Phi) is 3.66. The molecule has 0 bridgehead atoms. The molecule has 0 saturated heterocycles. The number of pyridine rings is 1. The van der Waals surface area contributed by atoms with E-state index >= 15 is 0 Å². The van der Waals surface area contributed by atoms with Gasteiger partial charge in [-0.25, -0.2) is 4.57 Å². The number of aryl methyl sites for hydroxylation is 3. The average Bonchev–Trinajstić information content (AvgIpc) is 2.46. The van der Waals surface area contributed by atoms with Crippen molar-refractivity contribution in [1.29, 1.82) is 0 Å². The number of hydrogen-bond acceptors (Lipinski definition) is 0. The van der Waals surface area contributed by atoms with Crippen LogP contribution in [0.4, 0.5) is 0 Å². The highest BCUT2D eigenvalue weighted by molar-refractivity contribution is 5.65. The van der Waals surface area contributed by atoms with E-state index in [9.17, 15) is 0 Å². The van der Waals surface area contributed by atoms with Gasteiger partial charge in [0.25, 0.3) is 0 Å². The molecule has 0 spiro atoms. The topological polar surface area (TPSA) is 3.88 Å². The molecule has 3 rings (SSSR count). The first-order valence-electron chi connectivity index (χ1n) is 8.74. The summed E-state index contributed by atoms with van der Waals surface area (Å²) in [5.41, 5.74) is 9.01. The van der Waals surface area contributed by atoms with Crippen molar-refractivity contribution in [3.05, 3.63) is 52.7 Å². The smallest absolute Gasteiger partial charge is 0.201 e. The van der Waals surface area contributed by atoms with E-state index in [0.29, 0.717) is 0 Å². The minimum Gasteiger partial charge on any atom is -0.201 e. The fourth-order valence-corrected chi connectivity index (χ4v) is 3.94. The van der Waals surface area contributed by atoms with E-state index < -0.39 is 0 Å². The van der Waals surface area contributed by atoms with Crippen LogP contribution in [0.25, 0.3) is 11.3 Å². The Hall–Kier alpha value is -1.63. The minimum atomic E-state index is 0.260. The molecule has 122 valence electrons. The van der Waals surface area contributed by atoms with Crippen molar-refractivity contribution in [2.45, 2.75) is 65.2 Å². The molecule has 0 amide bonds. The highest BCUT2D eigenvalue weighted by atomic mass is 14.9. The monoisotopic (exact) mass is 308 g/mol. The van der Waals surface area contributed by atoms with Crippen LogP contribution in [0.2, 0.25) is 0 Å². The molecule has 1 nitrogen and oxygen atoms in total. The standard InChI is InChI=1S/C22H30N/c1-15-8-11-23(7)20(12-15)17-14-19-18(13-16(17)2)21(3,4)9-10-22(19,5)6/h8,11-14H,9-10H2,1-7H3/q+1. The summed E-state index contributed by atoms with van der Waals surface area (Å²) in [5.74, 6) is 0. The quantitative estimate of drug-likeness (QED) is 0.642. The fraction of sp³-hybridized carbons (Fsp3) is 0.500. The molecule has 1 aliphatic carbocycles. The molecule has 1 aromatic carbocycles. The molecule has 0 aliphatic heterocycles. The largest absolute Gasteiger partial charge is 0.212 e. The van der Waals surface area contributed by atoms with Gasteiger partial charge in [-0.05, 0) is 65.8 Å². The van der Waals surface area contributed by atoms with Crippen molar-refractivity contribution < 1.29 is 4.57 Å². The van der Waals surface area contributed by atoms with E-state index in [4.69, 9.17) is 0 Å². The first-order valence-corrected chi connectivity index (χ1v) is 8.74. The van der Waals surface area contributed by atoms with E-state index in [-0.39, 0.29) is 10.8 Å². The van der Waals surface area contributed by atoms with Crippen molar-refractivity contribution in [3.8, 4) is 11.3 Å². The lowest BCUT2D eigenvalue weighted by Crippen LogP contribution is -2.35. The van der Waals surface area contributed by atoms with E-state index in [1.807, 2.05) is 0 Å². The Balaban J connectivity index is 2.28. The summed E-state index contributed by atoms with van der Waals surface area (Å²) in [7, 11) is 2.14. The number of aromatic nitrogens is 1. The summed E-state index contributed by atoms with van der Waals surface area (Å²) in [5, 5.41) is 0. The summed E-state index contributed by atoms with van der Waals surface area (Å²) in [4.78, 5) is 0. The maximum absolute atomic E-state index is 2.47. The third-order valence-electron chi connectivity index (χ3n) is 5.78. The molecule has 1 aliphatic rings. The number of nitrogens with zero attached hydrogens (tertiary/aromatic N) is 1. The van der Waals surface area contributed by atoms with Crippen molar-refractivity contribution >= 4 is 0 Å². The van der Waals surface area contributed by atoms with Gasteiger partial charge in [-0.15, -0.1) is 0 Å². The molecule has 0 radical (unpaired) electrons. The molecule has 0 N–H and O–H groups in total. The number of hydrogen-bond donors (Lipinski definition) is 0. The Labute approximate surface area is 141 Å². The molecule has 1 heteroatoms. The van der Waals surface area contributed by atoms with Gasteiger partial charge in [0.05, 0.1) is 0 Å². The van der Waals surface area contributed by atoms with Crippen LogP contribution in [0.5, 0.6) is 0 Å². The lowest BCUT2D eigenvalue weighted by molar-refractivity contribution is -0.660. The molecule has 0 saturated carbocycles. The Morgan fingerprint density at radius 1 is 0.870 bits per heavy atom. The van der Waals surface area contributed by atoms with E-state index in [1.54, 1.807) is 5.56 Å². The van der Waals surface area contributed by atoms with Gasteiger partial charge in [-0.3, -0.25) is 0 Å². The number of rotatable bonds is 1. The molecule has 23 heavy (non-hydrogen) atoms. The summed E-state index contributed by atoms with van der Waals surface area (Å²) >= 11 is 0. The number of fused-ring (bicyclic) bond motifs is 1. The van der Waals surface area contributed by atoms with Gasteiger partial charge in [0.15, 0.2) is 6.20 Å². The van der Waals surface area contributed by atoms with Crippen molar-refractivity contribution in [2.24, 2.45) is 7.05 Å². The molecule has 2 aromatic rings. The average molecular weight is 308 g/mol. The van der Waals surface area contributed by atoms with E-state index in [0.717, 1.165) is 0 Å². The van der Waals surface area contributed by atoms with Crippen LogP contribution in [0.3, 0.4) is 0 Å². The zero-order valence-electron chi connectivity index (χ0n) is 15.7. The van der Waals surface area contributed by atoms with Crippen LogP contribution in [-0.2, 0) is 17.9 Å². The van der Waals surface area contributed by atoms with Gasteiger partial charge in [-0.2, -0.15) is 0 Å². The van der Waals surface area contributed by atoms with Gasteiger partial charge in [0, 0.05) is 17.7 Å². The summed E-state index contributed by atoms with van der Waals surface area (Å²) in [6.45, 7) is 14.0. The van der Waals surface area contributed by atoms with Gasteiger partial charge in [0.2, 0.25) is 5.69 Å². The number of benzene rings is 1. The fourth-order valence-electron chi connectivity index (χ4n) is 3.94. The van der Waals surface area contributed by atoms with Crippen LogP contribution in [-0.4, -0.2) is 0 Å². The molecule has 1 aromatic heterocycles. The van der Waals surface area contributed by atoms with Gasteiger partial charge >= 0.3 is 0 Å². The zero-order chi connectivity index (χ0) is 17.0. The Morgan fingerprint density at radius 3 is 2.04 bits per heavy atom. The second-order valence-electron chi connectivity index (χ2n) is 8.68. The first kappa shape index (κ1) is 16.2. The molecule has 0 fully saturated rings. The Bertz CT molecular complexity index is 766. The highest BCUT2D eigenvalue weighted by Crippen LogP contribution is 2.47. The molecule has 0 atom stereocenters. The van der Waals surface area contributed by atoms with Crippen LogP contribution < -0.4 is 4.57 Å². The molecule has 1 heterocycles. The lowest BCUT2D eigenvalue weighted by Gasteiger charge is -2.42. The third-order valence-corrected chi connectivity index (χ3v) is 5.78. The second kappa shape index (κ2) is 5.19. The maximum atomic E-state index is 2.47. The van der Waals surface area contributed by atoms with Crippen molar-refractivity contribution in [3.63, 3.8) is 0 Å². The van der Waals surface area contributed by atoms with Gasteiger partial charge in [-0.1, -0.05) is 33.8 Å². The normalized spacial score (nSPS) is 18.6. The summed E-state index contributed by atoms with van der Waals surface area (Å²) < 4.78 is 2.24. The first-order chi connectivity index (χ1) is 10.6. The predicted octanol–water partition coefficient (Wildman–Crippen LogP) is 5.14. The predicted molar refractivity (Wildman–Crippen MR) is 97.8 cm³/mol. The van der Waals surface area contributed by atoms with Crippen LogP contribution in [0.1, 0.15) is 62.8 Å². The van der Waals surface area contributed by atoms with E-state index in [1.165, 1.54) is 40.8 Å². The molecular weight excluding hydrogens is 278 g/mol. The maximum Gasteiger partial charge on any atom is 0.212 e. The Morgan fingerprint density at radius 2 is 1.43 bits per heavy atom. The second-order valence-corrected chi connectivity index (χ2v) is 8.68. The third kappa shape index (κ3) is 2.71. The molecular formula is C22H30N+. The van der Waals surface area contributed by atoms with Gasteiger partial charge in [0.1, 0.15) is 7.05 Å². The van der Waals surface area contributed by atoms with Crippen LogP contribution in [0.15, 0.2) is 30.5 Å². The van der Waals surface area contributed by atoms with Crippen LogP contribution >= 0.6 is 0 Å². The highest BCUT2D eigenvalue weighted by Gasteiger charge is 2.37. The zero-order valence-corrected chi connectivity index (χ0v) is 15.7. The summed E-state index contributed by atoms with van der Waals surface area (Å²) in [6.07, 6.45) is 4.69. The van der Waals surface area contributed by atoms with Crippen LogP contribution in [0, 0.1) is 13.8 Å². The van der Waals surface area contributed by atoms with Crippen molar-refractivity contribution in [1.82, 2.24) is 0 Å². The SMILES string of the molecule is Cc1cc[n+](C)c(-c2cc3c(cc2C)C(C)(C)CCC3(C)C)c1. The van der Waals surface area contributed by atoms with E-state index in [2.05, 4.69) is 83.6 Å². The lowest BCUT2D eigenvalue weighted by atomic mass is 9.62. The van der Waals surface area contributed by atoms with Gasteiger partial charge < -0.3 is 0 Å². The summed E-state index contributed by atoms with van der Waals surface area (Å²) in [6, 6.07) is 9.40.